The van der Waals surface area contributed by atoms with Crippen molar-refractivity contribution in [2.24, 2.45) is 5.84 Å². The van der Waals surface area contributed by atoms with Crippen LogP contribution < -0.4 is 16.6 Å². The molecule has 2 rings (SSSR count). The van der Waals surface area contributed by atoms with Gasteiger partial charge in [0.2, 0.25) is 5.95 Å². The van der Waals surface area contributed by atoms with Gasteiger partial charge < -0.3 is 5.32 Å². The number of hydrazine groups is 1. The van der Waals surface area contributed by atoms with Crippen LogP contribution in [0.4, 0.5) is 35.0 Å². The molecule has 2 aromatic rings. The fourth-order valence-electron chi connectivity index (χ4n) is 1.30. The van der Waals surface area contributed by atoms with Gasteiger partial charge in [-0.25, -0.2) is 28.4 Å². The van der Waals surface area contributed by atoms with E-state index in [-0.39, 0.29) is 5.95 Å². The van der Waals surface area contributed by atoms with Crippen molar-refractivity contribution < 1.29 is 17.6 Å². The number of aromatic nitrogens is 2. The number of nitrogen functional groups attached to an aromatic ring is 1. The Balaban J connectivity index is 2.41. The summed E-state index contributed by atoms with van der Waals surface area (Å²) in [5.74, 6) is -0.143. The largest absolute Gasteiger partial charge is 0.333 e. The van der Waals surface area contributed by atoms with E-state index in [0.717, 1.165) is 6.20 Å². The summed E-state index contributed by atoms with van der Waals surface area (Å²) in [5, 5.41) is 2.07. The van der Waals surface area contributed by atoms with Gasteiger partial charge in [0.05, 0.1) is 6.20 Å². The van der Waals surface area contributed by atoms with E-state index in [1.807, 2.05) is 5.43 Å². The van der Waals surface area contributed by atoms with E-state index in [1.165, 1.54) is 0 Å². The van der Waals surface area contributed by atoms with Crippen molar-refractivity contribution in [3.8, 4) is 0 Å². The highest BCUT2D eigenvalue weighted by Crippen LogP contribution is 2.25. The van der Waals surface area contributed by atoms with Gasteiger partial charge in [-0.05, 0) is 0 Å². The van der Waals surface area contributed by atoms with Gasteiger partial charge in [-0.2, -0.15) is 4.98 Å². The minimum absolute atomic E-state index is 0.160. The summed E-state index contributed by atoms with van der Waals surface area (Å²) in [7, 11) is 0. The van der Waals surface area contributed by atoms with Crippen molar-refractivity contribution in [1.29, 1.82) is 0 Å². The summed E-state index contributed by atoms with van der Waals surface area (Å²) >= 11 is 0. The Hall–Kier alpha value is -2.42. The zero-order chi connectivity index (χ0) is 14.0. The third-order valence-electron chi connectivity index (χ3n) is 2.12. The van der Waals surface area contributed by atoms with Gasteiger partial charge in [-0.1, -0.05) is 0 Å². The first-order chi connectivity index (χ1) is 9.01. The number of rotatable bonds is 3. The van der Waals surface area contributed by atoms with Crippen LogP contribution in [0.15, 0.2) is 18.3 Å². The third kappa shape index (κ3) is 2.71. The average molecular weight is 273 g/mol. The fourth-order valence-corrected chi connectivity index (χ4v) is 1.30. The Morgan fingerprint density at radius 2 is 1.63 bits per heavy atom. The van der Waals surface area contributed by atoms with Crippen molar-refractivity contribution in [2.75, 3.05) is 10.7 Å². The van der Waals surface area contributed by atoms with Gasteiger partial charge in [0.15, 0.2) is 23.3 Å². The Kier molecular flexibility index (Phi) is 3.47. The molecule has 0 aliphatic rings. The molecule has 9 heteroatoms. The molecule has 0 radical (unpaired) electrons. The van der Waals surface area contributed by atoms with Crippen LogP contribution in [0, 0.1) is 23.3 Å². The third-order valence-corrected chi connectivity index (χ3v) is 2.12. The van der Waals surface area contributed by atoms with Gasteiger partial charge in [-0.15, -0.1) is 0 Å². The molecule has 5 nitrogen and oxygen atoms in total. The average Bonchev–Trinajstić information content (AvgIpc) is 2.35. The molecule has 0 fully saturated rings. The van der Waals surface area contributed by atoms with Crippen LogP contribution in [0.5, 0.6) is 0 Å². The van der Waals surface area contributed by atoms with Crippen molar-refractivity contribution in [3.63, 3.8) is 0 Å². The van der Waals surface area contributed by atoms with E-state index in [1.54, 1.807) is 0 Å². The molecule has 1 heterocycles. The van der Waals surface area contributed by atoms with Crippen LogP contribution in [-0.4, -0.2) is 9.97 Å². The monoisotopic (exact) mass is 273 g/mol. The highest BCUT2D eigenvalue weighted by molar-refractivity contribution is 5.58. The summed E-state index contributed by atoms with van der Waals surface area (Å²) < 4.78 is 52.8. The summed E-state index contributed by atoms with van der Waals surface area (Å²) in [4.78, 5) is 6.98. The first-order valence-electron chi connectivity index (χ1n) is 4.92. The van der Waals surface area contributed by atoms with Crippen LogP contribution in [0.2, 0.25) is 0 Å². The van der Waals surface area contributed by atoms with E-state index < -0.39 is 34.8 Å². The second kappa shape index (κ2) is 5.06. The maximum atomic E-state index is 13.4. The molecule has 4 N–H and O–H groups in total. The summed E-state index contributed by atoms with van der Waals surface area (Å²) in [6.07, 6.45) is 0.754. The Morgan fingerprint density at radius 1 is 1.00 bits per heavy atom. The summed E-state index contributed by atoms with van der Waals surface area (Å²) in [5.41, 5.74) is 1.31. The van der Waals surface area contributed by atoms with E-state index in [9.17, 15) is 17.6 Å². The normalized spacial score (nSPS) is 10.4. The lowest BCUT2D eigenvalue weighted by Gasteiger charge is -2.09. The molecule has 1 aromatic heterocycles. The fraction of sp³-hybridized carbons (Fsp3) is 0. The molecule has 0 spiro atoms. The zero-order valence-electron chi connectivity index (χ0n) is 9.22. The molecule has 0 bridgehead atoms. The predicted molar refractivity (Wildman–Crippen MR) is 59.4 cm³/mol. The molecule has 0 unspecified atom stereocenters. The molecule has 19 heavy (non-hydrogen) atoms. The Morgan fingerprint density at radius 3 is 2.21 bits per heavy atom. The van der Waals surface area contributed by atoms with E-state index in [4.69, 9.17) is 5.84 Å². The first kappa shape index (κ1) is 13.0. The van der Waals surface area contributed by atoms with Crippen LogP contribution in [0.3, 0.4) is 0 Å². The molecule has 0 aliphatic carbocycles. The number of nitrogens with one attached hydrogen (secondary N) is 2. The molecule has 0 amide bonds. The first-order valence-corrected chi connectivity index (χ1v) is 4.92. The van der Waals surface area contributed by atoms with E-state index in [2.05, 4.69) is 15.3 Å². The lowest BCUT2D eigenvalue weighted by molar-refractivity contribution is 0.548. The number of nitrogens with two attached hydrogens (primary N) is 1. The van der Waals surface area contributed by atoms with Crippen LogP contribution >= 0.6 is 0 Å². The van der Waals surface area contributed by atoms with Crippen LogP contribution in [-0.2, 0) is 0 Å². The topological polar surface area (TPSA) is 75.9 Å². The number of nitrogens with zero attached hydrogens (tertiary/aromatic N) is 2. The lowest BCUT2D eigenvalue weighted by Crippen LogP contribution is -2.12. The maximum absolute atomic E-state index is 13.4. The molecule has 0 aliphatic heterocycles. The molecule has 0 saturated carbocycles. The summed E-state index contributed by atoms with van der Waals surface area (Å²) in [6, 6.07) is 0.902. The highest BCUT2D eigenvalue weighted by atomic mass is 19.1. The van der Waals surface area contributed by atoms with Crippen molar-refractivity contribution >= 4 is 17.5 Å². The second-order valence-electron chi connectivity index (χ2n) is 3.40. The van der Waals surface area contributed by atoms with Crippen molar-refractivity contribution in [3.05, 3.63) is 41.6 Å². The molecule has 100 valence electrons. The number of halogens is 4. The Bertz CT molecular complexity index is 596. The summed E-state index contributed by atoms with van der Waals surface area (Å²) in [6.45, 7) is 0. The van der Waals surface area contributed by atoms with Crippen molar-refractivity contribution in [1.82, 2.24) is 9.97 Å². The minimum atomic E-state index is -1.22. The number of benzene rings is 1. The lowest BCUT2D eigenvalue weighted by atomic mass is 10.2. The standard InChI is InChI=1S/C10H7F4N5/c11-4-1-5(12)8(6(13)2-4)17-9-7(14)3-16-10(18-9)19-15/h1-3H,15H2,(H2,16,17,18,19). The minimum Gasteiger partial charge on any atom is -0.333 e. The number of hydrogen-bond acceptors (Lipinski definition) is 5. The zero-order valence-corrected chi connectivity index (χ0v) is 9.22. The Labute approximate surface area is 104 Å². The predicted octanol–water partition coefficient (Wildman–Crippen LogP) is 2.06. The molecule has 0 atom stereocenters. The van der Waals surface area contributed by atoms with E-state index in [0.29, 0.717) is 12.1 Å². The molecular weight excluding hydrogens is 266 g/mol. The molecular formula is C10H7F4N5. The molecule has 1 aromatic carbocycles. The van der Waals surface area contributed by atoms with Gasteiger partial charge in [0.1, 0.15) is 11.5 Å². The van der Waals surface area contributed by atoms with Gasteiger partial charge >= 0.3 is 0 Å². The SMILES string of the molecule is NNc1ncc(F)c(Nc2c(F)cc(F)cc2F)n1. The number of anilines is 3. The maximum Gasteiger partial charge on any atom is 0.239 e. The molecule has 0 saturated heterocycles. The quantitative estimate of drug-likeness (QED) is 0.453. The van der Waals surface area contributed by atoms with Gasteiger partial charge in [0.25, 0.3) is 0 Å². The van der Waals surface area contributed by atoms with E-state index >= 15 is 0 Å². The van der Waals surface area contributed by atoms with Crippen molar-refractivity contribution in [2.45, 2.75) is 0 Å². The van der Waals surface area contributed by atoms with Gasteiger partial charge in [-0.3, -0.25) is 5.43 Å². The second-order valence-corrected chi connectivity index (χ2v) is 3.40. The van der Waals surface area contributed by atoms with Gasteiger partial charge in [0, 0.05) is 12.1 Å². The van der Waals surface area contributed by atoms with Crippen LogP contribution in [0.25, 0.3) is 0 Å². The number of hydrogen-bond donors (Lipinski definition) is 3. The smallest absolute Gasteiger partial charge is 0.239 e. The highest BCUT2D eigenvalue weighted by Gasteiger charge is 2.15. The van der Waals surface area contributed by atoms with Crippen LogP contribution in [0.1, 0.15) is 0 Å².